The zero-order valence-electron chi connectivity index (χ0n) is 12.2. The van der Waals surface area contributed by atoms with Gasteiger partial charge in [-0.25, -0.2) is 0 Å². The van der Waals surface area contributed by atoms with Crippen LogP contribution in [0.2, 0.25) is 5.02 Å². The molecule has 0 aliphatic carbocycles. The van der Waals surface area contributed by atoms with Crippen molar-refractivity contribution in [2.75, 3.05) is 0 Å². The van der Waals surface area contributed by atoms with Gasteiger partial charge in [0.15, 0.2) is 5.69 Å². The summed E-state index contributed by atoms with van der Waals surface area (Å²) >= 11 is 6.07. The zero-order chi connectivity index (χ0) is 15.5. The molecule has 0 saturated heterocycles. The highest BCUT2D eigenvalue weighted by Crippen LogP contribution is 2.23. The van der Waals surface area contributed by atoms with Crippen LogP contribution >= 0.6 is 11.6 Å². The average molecular weight is 302 g/mol. The second-order valence-electron chi connectivity index (χ2n) is 4.88. The Morgan fingerprint density at radius 3 is 2.30 bits per heavy atom. The van der Waals surface area contributed by atoms with Crippen molar-refractivity contribution in [3.63, 3.8) is 0 Å². The average Bonchev–Trinajstić information content (AvgIpc) is 2.65. The van der Waals surface area contributed by atoms with E-state index >= 15 is 0 Å². The van der Waals surface area contributed by atoms with E-state index < -0.39 is 17.4 Å². The van der Waals surface area contributed by atoms with Crippen LogP contribution in [0.25, 0.3) is 0 Å². The molecule has 0 unspecified atom stereocenters. The summed E-state index contributed by atoms with van der Waals surface area (Å²) < 4.78 is 1.52. The maximum atomic E-state index is 12.3. The molecule has 0 radical (unpaired) electrons. The van der Waals surface area contributed by atoms with Crippen molar-refractivity contribution in [2.45, 2.75) is 45.6 Å². The number of carboxylic acid groups (broad SMARTS) is 1. The Morgan fingerprint density at radius 2 is 1.95 bits per heavy atom. The molecule has 0 aliphatic heterocycles. The summed E-state index contributed by atoms with van der Waals surface area (Å²) in [5.74, 6) is -1.39. The molecule has 0 spiro atoms. The fraction of sp³-hybridized carbons (Fsp3) is 0.615. The maximum absolute atomic E-state index is 12.3. The molecule has 1 heterocycles. The van der Waals surface area contributed by atoms with Crippen LogP contribution in [0.3, 0.4) is 0 Å². The molecule has 20 heavy (non-hydrogen) atoms. The zero-order valence-corrected chi connectivity index (χ0v) is 12.9. The Labute approximate surface area is 123 Å². The van der Waals surface area contributed by atoms with Gasteiger partial charge in [0.25, 0.3) is 5.91 Å². The Bertz CT molecular complexity index is 521. The number of nitrogens with zero attached hydrogens (tertiary/aromatic N) is 2. The molecule has 0 bridgehead atoms. The highest BCUT2D eigenvalue weighted by atomic mass is 35.5. The fourth-order valence-corrected chi connectivity index (χ4v) is 2.28. The van der Waals surface area contributed by atoms with E-state index in [0.717, 1.165) is 0 Å². The predicted octanol–water partition coefficient (Wildman–Crippen LogP) is 2.15. The number of aryl methyl sites for hydroxylation is 1. The van der Waals surface area contributed by atoms with Gasteiger partial charge in [0.05, 0.1) is 22.7 Å². The third-order valence-electron chi connectivity index (χ3n) is 3.70. The molecule has 1 aromatic heterocycles. The molecular weight excluding hydrogens is 282 g/mol. The highest BCUT2D eigenvalue weighted by molar-refractivity contribution is 6.34. The molecule has 1 aromatic rings. The number of carbonyl (C=O) groups excluding carboxylic acids is 1. The van der Waals surface area contributed by atoms with Gasteiger partial charge in [-0.05, 0) is 19.8 Å². The van der Waals surface area contributed by atoms with E-state index in [4.69, 9.17) is 16.7 Å². The second-order valence-corrected chi connectivity index (χ2v) is 5.26. The van der Waals surface area contributed by atoms with E-state index in [0.29, 0.717) is 23.6 Å². The van der Waals surface area contributed by atoms with E-state index in [1.807, 2.05) is 13.8 Å². The standard InChI is InChI=1S/C13H20ClN3O3/c1-5-13(6-2,7-9(18)19)15-12(20)11-10(14)8(3)17(4)16-11/h5-7H2,1-4H3,(H,15,20)(H,18,19). The normalized spacial score (nSPS) is 11.4. The predicted molar refractivity (Wildman–Crippen MR) is 76.0 cm³/mol. The molecule has 0 fully saturated rings. The number of aromatic nitrogens is 2. The number of hydrogen-bond donors (Lipinski definition) is 2. The smallest absolute Gasteiger partial charge is 0.305 e. The summed E-state index contributed by atoms with van der Waals surface area (Å²) in [5.41, 5.74) is 0.0366. The van der Waals surface area contributed by atoms with Gasteiger partial charge in [-0.3, -0.25) is 14.3 Å². The van der Waals surface area contributed by atoms with Crippen molar-refractivity contribution in [1.29, 1.82) is 0 Å². The number of nitrogens with one attached hydrogen (secondary N) is 1. The second kappa shape index (κ2) is 6.26. The summed E-state index contributed by atoms with van der Waals surface area (Å²) in [4.78, 5) is 23.3. The number of carboxylic acids is 1. The van der Waals surface area contributed by atoms with Gasteiger partial charge in [0.2, 0.25) is 0 Å². The number of rotatable bonds is 6. The van der Waals surface area contributed by atoms with Gasteiger partial charge in [0.1, 0.15) is 0 Å². The van der Waals surface area contributed by atoms with Crippen LogP contribution in [0.1, 0.15) is 49.3 Å². The number of carbonyl (C=O) groups is 2. The molecule has 1 rings (SSSR count). The first-order valence-corrected chi connectivity index (χ1v) is 6.87. The van der Waals surface area contributed by atoms with E-state index in [9.17, 15) is 9.59 Å². The van der Waals surface area contributed by atoms with Gasteiger partial charge >= 0.3 is 5.97 Å². The molecule has 0 aromatic carbocycles. The van der Waals surface area contributed by atoms with E-state index in [1.54, 1.807) is 14.0 Å². The fourth-order valence-electron chi connectivity index (χ4n) is 2.04. The lowest BCUT2D eigenvalue weighted by Crippen LogP contribution is -2.49. The SMILES string of the molecule is CCC(CC)(CC(=O)O)NC(=O)c1nn(C)c(C)c1Cl. The third-order valence-corrected chi connectivity index (χ3v) is 4.15. The largest absolute Gasteiger partial charge is 0.481 e. The van der Waals surface area contributed by atoms with Crippen LogP contribution in [-0.2, 0) is 11.8 Å². The topological polar surface area (TPSA) is 84.2 Å². The molecular formula is C13H20ClN3O3. The first-order chi connectivity index (χ1) is 9.26. The first kappa shape index (κ1) is 16.5. The lowest BCUT2D eigenvalue weighted by atomic mass is 9.89. The van der Waals surface area contributed by atoms with Crippen LogP contribution in [0.4, 0.5) is 0 Å². The molecule has 1 amide bonds. The number of amides is 1. The Balaban J connectivity index is 3.02. The van der Waals surface area contributed by atoms with Crippen LogP contribution in [0.5, 0.6) is 0 Å². The van der Waals surface area contributed by atoms with Crippen molar-refractivity contribution in [3.8, 4) is 0 Å². The van der Waals surface area contributed by atoms with Crippen molar-refractivity contribution in [1.82, 2.24) is 15.1 Å². The van der Waals surface area contributed by atoms with Gasteiger partial charge < -0.3 is 10.4 Å². The monoisotopic (exact) mass is 301 g/mol. The molecule has 0 aliphatic rings. The first-order valence-electron chi connectivity index (χ1n) is 6.49. The number of hydrogen-bond acceptors (Lipinski definition) is 3. The molecule has 2 N–H and O–H groups in total. The molecule has 6 nitrogen and oxygen atoms in total. The van der Waals surface area contributed by atoms with Gasteiger partial charge in [-0.15, -0.1) is 0 Å². The van der Waals surface area contributed by atoms with E-state index in [2.05, 4.69) is 10.4 Å². The van der Waals surface area contributed by atoms with Gasteiger partial charge in [0, 0.05) is 7.05 Å². The van der Waals surface area contributed by atoms with Crippen LogP contribution in [-0.4, -0.2) is 32.3 Å². The van der Waals surface area contributed by atoms with Crippen molar-refractivity contribution < 1.29 is 14.7 Å². The minimum Gasteiger partial charge on any atom is -0.481 e. The Hall–Kier alpha value is -1.56. The molecule has 0 atom stereocenters. The van der Waals surface area contributed by atoms with Crippen LogP contribution < -0.4 is 5.32 Å². The van der Waals surface area contributed by atoms with Crippen molar-refractivity contribution in [2.24, 2.45) is 7.05 Å². The lowest BCUT2D eigenvalue weighted by Gasteiger charge is -2.31. The van der Waals surface area contributed by atoms with Gasteiger partial charge in [-0.2, -0.15) is 5.10 Å². The summed E-state index contributed by atoms with van der Waals surface area (Å²) in [6.07, 6.45) is 0.908. The third kappa shape index (κ3) is 3.30. The molecule has 112 valence electrons. The summed E-state index contributed by atoms with van der Waals surface area (Å²) in [7, 11) is 1.70. The number of halogens is 1. The highest BCUT2D eigenvalue weighted by Gasteiger charge is 2.32. The van der Waals surface area contributed by atoms with Crippen molar-refractivity contribution >= 4 is 23.5 Å². The van der Waals surface area contributed by atoms with Gasteiger partial charge in [-0.1, -0.05) is 25.4 Å². The lowest BCUT2D eigenvalue weighted by molar-refractivity contribution is -0.138. The maximum Gasteiger partial charge on any atom is 0.305 e. The Morgan fingerprint density at radius 1 is 1.40 bits per heavy atom. The quantitative estimate of drug-likeness (QED) is 0.843. The molecule has 7 heteroatoms. The molecule has 0 saturated carbocycles. The minimum absolute atomic E-state index is 0.128. The van der Waals surface area contributed by atoms with E-state index in [-0.39, 0.29) is 12.1 Å². The van der Waals surface area contributed by atoms with Crippen LogP contribution in [0, 0.1) is 6.92 Å². The minimum atomic E-state index is -0.947. The summed E-state index contributed by atoms with van der Waals surface area (Å²) in [6, 6.07) is 0. The van der Waals surface area contributed by atoms with Crippen molar-refractivity contribution in [3.05, 3.63) is 16.4 Å². The number of aliphatic carboxylic acids is 1. The van der Waals surface area contributed by atoms with Crippen LogP contribution in [0.15, 0.2) is 0 Å². The van der Waals surface area contributed by atoms with E-state index in [1.165, 1.54) is 4.68 Å². The summed E-state index contributed by atoms with van der Waals surface area (Å²) in [5, 5.41) is 16.1. The Kier molecular flexibility index (Phi) is 5.16. The summed E-state index contributed by atoms with van der Waals surface area (Å²) in [6.45, 7) is 5.45.